The van der Waals surface area contributed by atoms with Crippen molar-refractivity contribution in [2.75, 3.05) is 11.9 Å². The van der Waals surface area contributed by atoms with E-state index in [-0.39, 0.29) is 0 Å². The number of carbonyl (C=O) groups excluding carboxylic acids is 1. The molecule has 4 nitrogen and oxygen atoms in total. The van der Waals surface area contributed by atoms with E-state index in [0.29, 0.717) is 10.4 Å². The van der Waals surface area contributed by atoms with Crippen molar-refractivity contribution in [2.45, 2.75) is 26.4 Å². The van der Waals surface area contributed by atoms with Crippen LogP contribution in [0.1, 0.15) is 20.8 Å². The number of rotatable bonds is 1. The molecule has 1 rings (SSSR count). The highest BCUT2D eigenvalue weighted by atomic mass is 79.9. The average molecular weight is 287 g/mol. The Kier molecular flexibility index (Phi) is 3.91. The largest absolute Gasteiger partial charge is 0.443 e. The molecule has 88 valence electrons. The summed E-state index contributed by atoms with van der Waals surface area (Å²) in [6, 6.07) is 5.36. The Balaban J connectivity index is 2.78. The monoisotopic (exact) mass is 286 g/mol. The van der Waals surface area contributed by atoms with Crippen LogP contribution in [-0.2, 0) is 4.74 Å². The second kappa shape index (κ2) is 4.82. The Labute approximate surface area is 104 Å². The smallest absolute Gasteiger partial charge is 0.415 e. The van der Waals surface area contributed by atoms with E-state index in [1.54, 1.807) is 19.2 Å². The Morgan fingerprint density at radius 1 is 1.44 bits per heavy atom. The average Bonchev–Trinajstić information content (AvgIpc) is 2.14. The van der Waals surface area contributed by atoms with E-state index in [2.05, 4.69) is 20.9 Å². The summed E-state index contributed by atoms with van der Waals surface area (Å²) in [5.41, 5.74) is -0.503. The minimum absolute atomic E-state index is 0.418. The van der Waals surface area contributed by atoms with Gasteiger partial charge >= 0.3 is 6.09 Å². The first-order valence-electron chi connectivity index (χ1n) is 4.89. The molecule has 0 aliphatic heterocycles. The first-order chi connectivity index (χ1) is 7.29. The van der Waals surface area contributed by atoms with Crippen LogP contribution in [0, 0.1) is 0 Å². The molecule has 1 aromatic heterocycles. The Morgan fingerprint density at radius 3 is 2.56 bits per heavy atom. The summed E-state index contributed by atoms with van der Waals surface area (Å²) in [7, 11) is 1.63. The molecular weight excluding hydrogens is 272 g/mol. The number of carbonyl (C=O) groups is 1. The van der Waals surface area contributed by atoms with Crippen molar-refractivity contribution in [3.05, 3.63) is 22.8 Å². The second-order valence-corrected chi connectivity index (χ2v) is 5.17. The lowest BCUT2D eigenvalue weighted by Gasteiger charge is -2.24. The van der Waals surface area contributed by atoms with Gasteiger partial charge in [0.15, 0.2) is 0 Å². The van der Waals surface area contributed by atoms with Crippen LogP contribution in [0.2, 0.25) is 0 Å². The molecule has 1 amide bonds. The summed E-state index contributed by atoms with van der Waals surface area (Å²) < 4.78 is 5.91. The van der Waals surface area contributed by atoms with E-state index >= 15 is 0 Å². The summed E-state index contributed by atoms with van der Waals surface area (Å²) in [6.45, 7) is 5.48. The van der Waals surface area contributed by atoms with Crippen LogP contribution in [0.5, 0.6) is 0 Å². The fourth-order valence-electron chi connectivity index (χ4n) is 1.01. The zero-order valence-electron chi connectivity index (χ0n) is 9.82. The van der Waals surface area contributed by atoms with Gasteiger partial charge in [0, 0.05) is 7.05 Å². The van der Waals surface area contributed by atoms with Crippen molar-refractivity contribution in [1.29, 1.82) is 0 Å². The SMILES string of the molecule is CN(C(=O)OC(C)(C)C)c1cccc(Br)n1. The third-order valence-electron chi connectivity index (χ3n) is 1.71. The van der Waals surface area contributed by atoms with Gasteiger partial charge in [0.2, 0.25) is 0 Å². The van der Waals surface area contributed by atoms with Crippen molar-refractivity contribution < 1.29 is 9.53 Å². The maximum absolute atomic E-state index is 11.7. The van der Waals surface area contributed by atoms with Gasteiger partial charge in [0.1, 0.15) is 16.0 Å². The Hall–Kier alpha value is -1.10. The Bertz CT molecular complexity index is 388. The maximum Gasteiger partial charge on any atom is 0.415 e. The van der Waals surface area contributed by atoms with Crippen LogP contribution in [0.3, 0.4) is 0 Å². The molecule has 0 saturated heterocycles. The summed E-state index contributed by atoms with van der Waals surface area (Å²) in [4.78, 5) is 17.3. The van der Waals surface area contributed by atoms with Gasteiger partial charge in [-0.2, -0.15) is 0 Å². The number of amides is 1. The van der Waals surface area contributed by atoms with Crippen LogP contribution in [0.4, 0.5) is 10.6 Å². The lowest BCUT2D eigenvalue weighted by Crippen LogP contribution is -2.34. The molecule has 0 saturated carbocycles. The van der Waals surface area contributed by atoms with Crippen molar-refractivity contribution >= 4 is 27.8 Å². The summed E-state index contributed by atoms with van der Waals surface area (Å²) in [5.74, 6) is 0.545. The van der Waals surface area contributed by atoms with Gasteiger partial charge in [-0.15, -0.1) is 0 Å². The molecule has 0 radical (unpaired) electrons. The third-order valence-corrected chi connectivity index (χ3v) is 2.15. The first-order valence-corrected chi connectivity index (χ1v) is 5.68. The molecule has 0 unspecified atom stereocenters. The molecule has 0 aliphatic carbocycles. The van der Waals surface area contributed by atoms with Gasteiger partial charge < -0.3 is 4.74 Å². The number of hydrogen-bond donors (Lipinski definition) is 0. The number of halogens is 1. The highest BCUT2D eigenvalue weighted by Gasteiger charge is 2.21. The molecule has 0 N–H and O–H groups in total. The van der Waals surface area contributed by atoms with Crippen LogP contribution in [0.15, 0.2) is 22.8 Å². The predicted molar refractivity (Wildman–Crippen MR) is 66.6 cm³/mol. The van der Waals surface area contributed by atoms with Crippen molar-refractivity contribution in [3.63, 3.8) is 0 Å². The van der Waals surface area contributed by atoms with Crippen LogP contribution in [-0.4, -0.2) is 23.7 Å². The number of aromatic nitrogens is 1. The summed E-state index contributed by atoms with van der Waals surface area (Å²) in [5, 5.41) is 0. The van der Waals surface area contributed by atoms with Gasteiger partial charge in [-0.1, -0.05) is 6.07 Å². The fraction of sp³-hybridized carbons (Fsp3) is 0.455. The van der Waals surface area contributed by atoms with Crippen LogP contribution >= 0.6 is 15.9 Å². The number of pyridine rings is 1. The molecule has 0 fully saturated rings. The number of hydrogen-bond acceptors (Lipinski definition) is 3. The third kappa shape index (κ3) is 3.81. The standard InChI is InChI=1S/C11H15BrN2O2/c1-11(2,3)16-10(15)14(4)9-7-5-6-8(12)13-9/h5-7H,1-4H3. The molecule has 0 aromatic carbocycles. The van der Waals surface area contributed by atoms with E-state index < -0.39 is 11.7 Å². The molecular formula is C11H15BrN2O2. The van der Waals surface area contributed by atoms with E-state index in [1.165, 1.54) is 4.90 Å². The molecule has 0 spiro atoms. The quantitative estimate of drug-likeness (QED) is 0.745. The van der Waals surface area contributed by atoms with Crippen molar-refractivity contribution in [1.82, 2.24) is 4.98 Å². The molecule has 5 heteroatoms. The van der Waals surface area contributed by atoms with Gasteiger partial charge in [-0.05, 0) is 48.8 Å². The fourth-order valence-corrected chi connectivity index (χ4v) is 1.34. The van der Waals surface area contributed by atoms with Crippen LogP contribution in [0.25, 0.3) is 0 Å². The molecule has 0 aliphatic rings. The van der Waals surface area contributed by atoms with Gasteiger partial charge in [-0.3, -0.25) is 4.90 Å². The highest BCUT2D eigenvalue weighted by molar-refractivity contribution is 9.10. The number of nitrogens with zero attached hydrogens (tertiary/aromatic N) is 2. The lowest BCUT2D eigenvalue weighted by atomic mass is 10.2. The normalized spacial score (nSPS) is 11.1. The van der Waals surface area contributed by atoms with Gasteiger partial charge in [-0.25, -0.2) is 9.78 Å². The van der Waals surface area contributed by atoms with E-state index in [1.807, 2.05) is 26.8 Å². The Morgan fingerprint density at radius 2 is 2.06 bits per heavy atom. The van der Waals surface area contributed by atoms with Gasteiger partial charge in [0.25, 0.3) is 0 Å². The molecule has 0 atom stereocenters. The second-order valence-electron chi connectivity index (χ2n) is 4.36. The minimum atomic E-state index is -0.503. The summed E-state index contributed by atoms with van der Waals surface area (Å²) in [6.07, 6.45) is -0.418. The number of ether oxygens (including phenoxy) is 1. The van der Waals surface area contributed by atoms with Gasteiger partial charge in [0.05, 0.1) is 0 Å². The van der Waals surface area contributed by atoms with E-state index in [4.69, 9.17) is 4.74 Å². The van der Waals surface area contributed by atoms with Crippen molar-refractivity contribution in [3.8, 4) is 0 Å². The van der Waals surface area contributed by atoms with Crippen molar-refractivity contribution in [2.24, 2.45) is 0 Å². The topological polar surface area (TPSA) is 42.4 Å². The molecule has 16 heavy (non-hydrogen) atoms. The van der Waals surface area contributed by atoms with E-state index in [9.17, 15) is 4.79 Å². The summed E-state index contributed by atoms with van der Waals surface area (Å²) >= 11 is 3.25. The first kappa shape index (κ1) is 13.0. The molecule has 1 heterocycles. The molecule has 0 bridgehead atoms. The minimum Gasteiger partial charge on any atom is -0.443 e. The lowest BCUT2D eigenvalue weighted by molar-refractivity contribution is 0.0588. The predicted octanol–water partition coefficient (Wildman–Crippen LogP) is 3.22. The zero-order chi connectivity index (χ0) is 12.3. The van der Waals surface area contributed by atoms with Crippen LogP contribution < -0.4 is 4.90 Å². The number of anilines is 1. The highest BCUT2D eigenvalue weighted by Crippen LogP contribution is 2.16. The maximum atomic E-state index is 11.7. The van der Waals surface area contributed by atoms with E-state index in [0.717, 1.165) is 0 Å². The zero-order valence-corrected chi connectivity index (χ0v) is 11.4. The molecule has 1 aromatic rings.